The topological polar surface area (TPSA) is 78.4 Å². The van der Waals surface area contributed by atoms with E-state index in [1.54, 1.807) is 24.5 Å². The molecule has 0 radical (unpaired) electrons. The van der Waals surface area contributed by atoms with E-state index in [-0.39, 0.29) is 11.3 Å². The number of hydrogen-bond acceptors (Lipinski definition) is 5. The Hall–Kier alpha value is -3.41. The summed E-state index contributed by atoms with van der Waals surface area (Å²) in [4.78, 5) is 20.9. The predicted molar refractivity (Wildman–Crippen MR) is 121 cm³/mol. The number of aromatic nitrogens is 1. The molecule has 1 amide bonds. The first kappa shape index (κ1) is 20.3. The van der Waals surface area contributed by atoms with Gasteiger partial charge in [0.15, 0.2) is 0 Å². The SMILES string of the molecule is C=N/C=C\C(=C/C)CNc1ncccc1C(=O)Nc1ccc2c(c1)NCC2(C)C. The molecule has 0 bridgehead atoms. The minimum Gasteiger partial charge on any atom is -0.384 e. The van der Waals surface area contributed by atoms with Gasteiger partial charge in [0.05, 0.1) is 5.56 Å². The summed E-state index contributed by atoms with van der Waals surface area (Å²) in [5.41, 5.74) is 4.68. The van der Waals surface area contributed by atoms with Crippen LogP contribution in [0.25, 0.3) is 0 Å². The molecule has 3 N–H and O–H groups in total. The molecule has 0 atom stereocenters. The van der Waals surface area contributed by atoms with Crippen molar-refractivity contribution < 1.29 is 4.79 Å². The van der Waals surface area contributed by atoms with Crippen molar-refractivity contribution in [3.8, 4) is 0 Å². The Labute approximate surface area is 171 Å². The van der Waals surface area contributed by atoms with Crippen LogP contribution in [0, 0.1) is 0 Å². The number of nitrogens with zero attached hydrogens (tertiary/aromatic N) is 2. The lowest BCUT2D eigenvalue weighted by atomic mass is 9.87. The van der Waals surface area contributed by atoms with Crippen molar-refractivity contribution in [1.29, 1.82) is 0 Å². The minimum atomic E-state index is -0.205. The molecule has 0 unspecified atom stereocenters. The highest BCUT2D eigenvalue weighted by Crippen LogP contribution is 2.37. The van der Waals surface area contributed by atoms with E-state index < -0.39 is 0 Å². The maximum atomic E-state index is 12.9. The molecule has 2 aromatic rings. The van der Waals surface area contributed by atoms with Crippen LogP contribution in [0.2, 0.25) is 0 Å². The van der Waals surface area contributed by atoms with Crippen LogP contribution < -0.4 is 16.0 Å². The lowest BCUT2D eigenvalue weighted by Crippen LogP contribution is -2.18. The highest BCUT2D eigenvalue weighted by molar-refractivity contribution is 6.07. The first-order valence-corrected chi connectivity index (χ1v) is 9.61. The fourth-order valence-corrected chi connectivity index (χ4v) is 3.29. The number of fused-ring (bicyclic) bond motifs is 1. The fraction of sp³-hybridized carbons (Fsp3) is 0.261. The first-order chi connectivity index (χ1) is 13.9. The Balaban J connectivity index is 1.74. The molecule has 0 spiro atoms. The lowest BCUT2D eigenvalue weighted by Gasteiger charge is -2.17. The van der Waals surface area contributed by atoms with Crippen molar-refractivity contribution in [2.75, 3.05) is 29.0 Å². The highest BCUT2D eigenvalue weighted by Gasteiger charge is 2.29. The monoisotopic (exact) mass is 389 g/mol. The van der Waals surface area contributed by atoms with Gasteiger partial charge in [0.2, 0.25) is 0 Å². The van der Waals surface area contributed by atoms with Crippen LogP contribution in [0.4, 0.5) is 17.2 Å². The van der Waals surface area contributed by atoms with E-state index in [2.05, 4.69) is 52.6 Å². The van der Waals surface area contributed by atoms with E-state index in [0.29, 0.717) is 17.9 Å². The average molecular weight is 390 g/mol. The smallest absolute Gasteiger partial charge is 0.259 e. The molecule has 6 nitrogen and oxygen atoms in total. The van der Waals surface area contributed by atoms with Crippen LogP contribution in [0.5, 0.6) is 0 Å². The summed E-state index contributed by atoms with van der Waals surface area (Å²) in [6.45, 7) is 11.2. The van der Waals surface area contributed by atoms with Gasteiger partial charge in [0.25, 0.3) is 5.91 Å². The molecule has 0 fully saturated rings. The zero-order valence-corrected chi connectivity index (χ0v) is 17.1. The summed E-state index contributed by atoms with van der Waals surface area (Å²) in [6, 6.07) is 9.52. The standard InChI is InChI=1S/C23H27N5O/c1-5-16(10-12-24-4)14-26-21-18(7-6-11-25-21)22(29)28-17-8-9-19-20(13-17)27-15-23(19,2)3/h5-13,27H,4,14-15H2,1-3H3,(H,25,26)(H,28,29)/b12-10-,16-5+. The van der Waals surface area contributed by atoms with Gasteiger partial charge in [0.1, 0.15) is 5.82 Å². The second-order valence-corrected chi connectivity index (χ2v) is 7.57. The molecule has 0 saturated carbocycles. The largest absolute Gasteiger partial charge is 0.384 e. The van der Waals surface area contributed by atoms with E-state index in [1.165, 1.54) is 5.56 Å². The molecule has 2 heterocycles. The van der Waals surface area contributed by atoms with Crippen molar-refractivity contribution in [3.63, 3.8) is 0 Å². The number of anilines is 3. The number of benzene rings is 1. The van der Waals surface area contributed by atoms with Gasteiger partial charge >= 0.3 is 0 Å². The number of allylic oxidation sites excluding steroid dienone is 1. The predicted octanol–water partition coefficient (Wildman–Crippen LogP) is 4.61. The number of amides is 1. The Kier molecular flexibility index (Phi) is 6.12. The van der Waals surface area contributed by atoms with Gasteiger partial charge in [-0.2, -0.15) is 0 Å². The summed E-state index contributed by atoms with van der Waals surface area (Å²) >= 11 is 0. The molecule has 1 aliphatic rings. The summed E-state index contributed by atoms with van der Waals surface area (Å²) in [5, 5.41) is 9.62. The molecule has 1 aromatic heterocycles. The van der Waals surface area contributed by atoms with Crippen LogP contribution in [0.3, 0.4) is 0 Å². The second kappa shape index (κ2) is 8.73. The third-order valence-electron chi connectivity index (χ3n) is 5.00. The Morgan fingerprint density at radius 3 is 2.97 bits per heavy atom. The zero-order chi connectivity index (χ0) is 20.9. The van der Waals surface area contributed by atoms with Crippen LogP contribution >= 0.6 is 0 Å². The second-order valence-electron chi connectivity index (χ2n) is 7.57. The summed E-state index contributed by atoms with van der Waals surface area (Å²) < 4.78 is 0. The summed E-state index contributed by atoms with van der Waals surface area (Å²) in [7, 11) is 0. The normalized spacial score (nSPS) is 14.9. The molecule has 29 heavy (non-hydrogen) atoms. The van der Waals surface area contributed by atoms with Crippen LogP contribution in [0.15, 0.2) is 65.4 Å². The third kappa shape index (κ3) is 4.71. The number of aliphatic imine (C=N–C) groups is 1. The molecule has 0 aliphatic carbocycles. The van der Waals surface area contributed by atoms with Gasteiger partial charge < -0.3 is 16.0 Å². The van der Waals surface area contributed by atoms with Gasteiger partial charge in [-0.15, -0.1) is 0 Å². The van der Waals surface area contributed by atoms with Gasteiger partial charge in [-0.1, -0.05) is 26.0 Å². The Bertz CT molecular complexity index is 975. The Morgan fingerprint density at radius 1 is 1.38 bits per heavy atom. The maximum Gasteiger partial charge on any atom is 0.259 e. The number of hydrogen-bond donors (Lipinski definition) is 3. The molecule has 1 aromatic carbocycles. The quantitative estimate of drug-likeness (QED) is 0.477. The van der Waals surface area contributed by atoms with E-state index in [0.717, 1.165) is 23.5 Å². The van der Waals surface area contributed by atoms with Crippen molar-refractivity contribution in [2.45, 2.75) is 26.2 Å². The summed E-state index contributed by atoms with van der Waals surface area (Å²) in [5.74, 6) is 0.327. The molecule has 1 aliphatic heterocycles. The van der Waals surface area contributed by atoms with Gasteiger partial charge in [-0.05, 0) is 55.1 Å². The molecule has 0 saturated heterocycles. The molecular formula is C23H27N5O. The van der Waals surface area contributed by atoms with Gasteiger partial charge in [-0.25, -0.2) is 4.98 Å². The van der Waals surface area contributed by atoms with E-state index in [4.69, 9.17) is 0 Å². The molecule has 6 heteroatoms. The molecule has 150 valence electrons. The Morgan fingerprint density at radius 2 is 2.21 bits per heavy atom. The van der Waals surface area contributed by atoms with Crippen molar-refractivity contribution >= 4 is 29.8 Å². The zero-order valence-electron chi connectivity index (χ0n) is 17.1. The van der Waals surface area contributed by atoms with Gasteiger partial charge in [0, 0.05) is 42.3 Å². The number of carbonyl (C=O) groups is 1. The van der Waals surface area contributed by atoms with Crippen molar-refractivity contribution in [2.24, 2.45) is 4.99 Å². The maximum absolute atomic E-state index is 12.9. The van der Waals surface area contributed by atoms with E-state index in [9.17, 15) is 4.79 Å². The fourth-order valence-electron chi connectivity index (χ4n) is 3.29. The number of nitrogens with one attached hydrogen (secondary N) is 3. The third-order valence-corrected chi connectivity index (χ3v) is 5.00. The summed E-state index contributed by atoms with van der Waals surface area (Å²) in [6.07, 6.45) is 7.13. The first-order valence-electron chi connectivity index (χ1n) is 9.61. The number of rotatable bonds is 7. The van der Waals surface area contributed by atoms with Crippen molar-refractivity contribution in [3.05, 3.63) is 71.6 Å². The minimum absolute atomic E-state index is 0.0956. The number of pyridine rings is 1. The number of carbonyl (C=O) groups excluding carboxylic acids is 1. The van der Waals surface area contributed by atoms with Gasteiger partial charge in [-0.3, -0.25) is 9.79 Å². The van der Waals surface area contributed by atoms with E-state index >= 15 is 0 Å². The molecular weight excluding hydrogens is 362 g/mol. The van der Waals surface area contributed by atoms with E-state index in [1.807, 2.05) is 31.2 Å². The van der Waals surface area contributed by atoms with Crippen LogP contribution in [0.1, 0.15) is 36.7 Å². The highest BCUT2D eigenvalue weighted by atomic mass is 16.1. The van der Waals surface area contributed by atoms with Crippen molar-refractivity contribution in [1.82, 2.24) is 4.98 Å². The van der Waals surface area contributed by atoms with Crippen LogP contribution in [-0.4, -0.2) is 30.7 Å². The molecule has 3 rings (SSSR count). The van der Waals surface area contributed by atoms with Crippen LogP contribution in [-0.2, 0) is 5.41 Å². The average Bonchev–Trinajstić information content (AvgIpc) is 3.02. The lowest BCUT2D eigenvalue weighted by molar-refractivity contribution is 0.102.